The van der Waals surface area contributed by atoms with Crippen LogP contribution in [0.3, 0.4) is 0 Å². The summed E-state index contributed by atoms with van der Waals surface area (Å²) in [6, 6.07) is 5.42. The quantitative estimate of drug-likeness (QED) is 0.823. The molecule has 2 aromatic rings. The third-order valence-electron chi connectivity index (χ3n) is 4.58. The predicted octanol–water partition coefficient (Wildman–Crippen LogP) is 2.74. The average Bonchev–Trinajstić information content (AvgIpc) is 3.18. The second-order valence-electron chi connectivity index (χ2n) is 6.00. The molecule has 110 valence electrons. The number of aromatic amines is 1. The van der Waals surface area contributed by atoms with Crippen LogP contribution in [0.5, 0.6) is 0 Å². The van der Waals surface area contributed by atoms with Crippen LogP contribution in [0, 0.1) is 10.3 Å². The van der Waals surface area contributed by atoms with Crippen LogP contribution in [-0.2, 0) is 4.74 Å². The second kappa shape index (κ2) is 4.68. The number of hydrogen-bond donors (Lipinski definition) is 1. The van der Waals surface area contributed by atoms with Crippen molar-refractivity contribution < 1.29 is 13.9 Å². The molecule has 2 fully saturated rings. The van der Waals surface area contributed by atoms with Crippen molar-refractivity contribution in [2.45, 2.75) is 12.8 Å². The molecule has 1 amide bonds. The molecule has 0 radical (unpaired) electrons. The van der Waals surface area contributed by atoms with Gasteiger partial charge < -0.3 is 19.0 Å². The van der Waals surface area contributed by atoms with Gasteiger partial charge in [0.15, 0.2) is 5.58 Å². The van der Waals surface area contributed by atoms with E-state index in [-0.39, 0.29) is 11.3 Å². The lowest BCUT2D eigenvalue weighted by Gasteiger charge is -2.22. The minimum absolute atomic E-state index is 0.0583. The minimum Gasteiger partial charge on any atom is -0.429 e. The Labute approximate surface area is 126 Å². The Kier molecular flexibility index (Phi) is 2.90. The Balaban J connectivity index is 1.60. The maximum absolute atomic E-state index is 12.6. The molecule has 5 nitrogen and oxygen atoms in total. The fourth-order valence-corrected chi connectivity index (χ4v) is 3.54. The van der Waals surface area contributed by atoms with Crippen LogP contribution in [0.1, 0.15) is 23.2 Å². The van der Waals surface area contributed by atoms with Crippen molar-refractivity contribution in [2.75, 3.05) is 26.3 Å². The van der Waals surface area contributed by atoms with Crippen LogP contribution < -0.4 is 0 Å². The third kappa shape index (κ3) is 2.18. The van der Waals surface area contributed by atoms with Gasteiger partial charge in [0.25, 0.3) is 10.7 Å². The van der Waals surface area contributed by atoms with Gasteiger partial charge in [0.1, 0.15) is 0 Å². The first-order chi connectivity index (χ1) is 10.2. The number of nitrogens with one attached hydrogen (secondary N) is 1. The van der Waals surface area contributed by atoms with E-state index in [1.54, 1.807) is 6.07 Å². The number of ether oxygens (including phenoxy) is 1. The maximum Gasteiger partial charge on any atom is 0.266 e. The number of carbonyl (C=O) groups excluding carboxylic acids is 1. The van der Waals surface area contributed by atoms with E-state index in [9.17, 15) is 4.79 Å². The fraction of sp³-hybridized carbons (Fsp3) is 0.467. The molecule has 6 heteroatoms. The van der Waals surface area contributed by atoms with Crippen molar-refractivity contribution in [2.24, 2.45) is 5.41 Å². The molecule has 2 aliphatic heterocycles. The number of hydrogen-bond acceptors (Lipinski definition) is 4. The molecule has 21 heavy (non-hydrogen) atoms. The van der Waals surface area contributed by atoms with Gasteiger partial charge in [0.05, 0.1) is 12.1 Å². The van der Waals surface area contributed by atoms with Crippen molar-refractivity contribution in [1.29, 1.82) is 0 Å². The number of oxazole rings is 1. The summed E-state index contributed by atoms with van der Waals surface area (Å²) in [6.45, 7) is 3.19. The first kappa shape index (κ1) is 13.0. The first-order valence-corrected chi connectivity index (χ1v) is 7.56. The molecule has 3 heterocycles. The molecule has 1 aromatic heterocycles. The van der Waals surface area contributed by atoms with Crippen LogP contribution in [0.2, 0.25) is 0 Å². The molecule has 2 saturated heterocycles. The lowest BCUT2D eigenvalue weighted by atomic mass is 9.87. The number of H-pyrrole nitrogens is 1. The Morgan fingerprint density at radius 3 is 3.10 bits per heavy atom. The van der Waals surface area contributed by atoms with Crippen molar-refractivity contribution in [1.82, 2.24) is 9.88 Å². The molecular weight excluding hydrogens is 288 g/mol. The number of rotatable bonds is 1. The van der Waals surface area contributed by atoms with E-state index in [2.05, 4.69) is 4.98 Å². The van der Waals surface area contributed by atoms with Gasteiger partial charge in [-0.1, -0.05) is 0 Å². The Morgan fingerprint density at radius 2 is 2.29 bits per heavy atom. The van der Waals surface area contributed by atoms with Crippen LogP contribution in [0.4, 0.5) is 0 Å². The highest BCUT2D eigenvalue weighted by molar-refractivity contribution is 7.71. The highest BCUT2D eigenvalue weighted by Crippen LogP contribution is 2.38. The van der Waals surface area contributed by atoms with E-state index in [0.717, 1.165) is 44.7 Å². The van der Waals surface area contributed by atoms with Gasteiger partial charge in [-0.05, 0) is 43.3 Å². The number of fused-ring (bicyclic) bond motifs is 1. The summed E-state index contributed by atoms with van der Waals surface area (Å²) < 4.78 is 10.9. The fourth-order valence-electron chi connectivity index (χ4n) is 3.34. The maximum atomic E-state index is 12.6. The molecule has 1 aromatic carbocycles. The van der Waals surface area contributed by atoms with Crippen molar-refractivity contribution in [3.8, 4) is 0 Å². The molecule has 1 spiro atoms. The summed E-state index contributed by atoms with van der Waals surface area (Å²) in [7, 11) is 0. The van der Waals surface area contributed by atoms with E-state index in [1.807, 2.05) is 17.0 Å². The predicted molar refractivity (Wildman–Crippen MR) is 79.8 cm³/mol. The van der Waals surface area contributed by atoms with Gasteiger partial charge >= 0.3 is 0 Å². The second-order valence-corrected chi connectivity index (χ2v) is 6.38. The molecule has 0 bridgehead atoms. The number of likely N-dealkylation sites (tertiary alicyclic amines) is 1. The van der Waals surface area contributed by atoms with Gasteiger partial charge in [0, 0.05) is 30.7 Å². The number of aromatic nitrogens is 1. The normalized spacial score (nSPS) is 25.2. The number of amides is 1. The van der Waals surface area contributed by atoms with Crippen LogP contribution in [0.15, 0.2) is 22.6 Å². The molecule has 1 atom stereocenters. The molecule has 0 saturated carbocycles. The van der Waals surface area contributed by atoms with Crippen molar-refractivity contribution in [3.05, 3.63) is 28.6 Å². The van der Waals surface area contributed by atoms with Crippen molar-refractivity contribution >= 4 is 29.2 Å². The Bertz CT molecular complexity index is 758. The lowest BCUT2D eigenvalue weighted by molar-refractivity contribution is 0.0765. The highest BCUT2D eigenvalue weighted by Gasteiger charge is 2.42. The van der Waals surface area contributed by atoms with E-state index in [4.69, 9.17) is 21.4 Å². The molecule has 2 aliphatic rings. The zero-order valence-electron chi connectivity index (χ0n) is 11.6. The van der Waals surface area contributed by atoms with Crippen molar-refractivity contribution in [3.63, 3.8) is 0 Å². The Morgan fingerprint density at radius 1 is 1.38 bits per heavy atom. The zero-order chi connectivity index (χ0) is 14.4. The molecule has 1 N–H and O–H groups in total. The smallest absolute Gasteiger partial charge is 0.266 e. The van der Waals surface area contributed by atoms with E-state index in [0.29, 0.717) is 16.0 Å². The minimum atomic E-state index is 0.0583. The largest absolute Gasteiger partial charge is 0.429 e. The van der Waals surface area contributed by atoms with Gasteiger partial charge in [-0.2, -0.15) is 0 Å². The van der Waals surface area contributed by atoms with Gasteiger partial charge in [-0.25, -0.2) is 0 Å². The third-order valence-corrected chi connectivity index (χ3v) is 4.76. The van der Waals surface area contributed by atoms with Gasteiger partial charge in [0.2, 0.25) is 0 Å². The van der Waals surface area contributed by atoms with Crippen LogP contribution >= 0.6 is 12.2 Å². The number of nitrogens with zero attached hydrogens (tertiary/aromatic N) is 1. The van der Waals surface area contributed by atoms with Gasteiger partial charge in [-0.15, -0.1) is 0 Å². The van der Waals surface area contributed by atoms with Crippen LogP contribution in [-0.4, -0.2) is 42.1 Å². The van der Waals surface area contributed by atoms with E-state index < -0.39 is 0 Å². The average molecular weight is 304 g/mol. The summed E-state index contributed by atoms with van der Waals surface area (Å²) in [5.41, 5.74) is 2.28. The summed E-state index contributed by atoms with van der Waals surface area (Å²) in [4.78, 5) is 17.8. The van der Waals surface area contributed by atoms with E-state index >= 15 is 0 Å². The van der Waals surface area contributed by atoms with E-state index in [1.165, 1.54) is 0 Å². The SMILES string of the molecule is O=C(c1ccc2[nH]c(=S)oc2c1)N1CC[C@@]2(CCOC2)C1. The monoisotopic (exact) mass is 304 g/mol. The summed E-state index contributed by atoms with van der Waals surface area (Å²) in [5, 5.41) is 0. The lowest BCUT2D eigenvalue weighted by Crippen LogP contribution is -2.32. The zero-order valence-corrected chi connectivity index (χ0v) is 12.4. The molecule has 0 unspecified atom stereocenters. The topological polar surface area (TPSA) is 58.5 Å². The summed E-state index contributed by atoms with van der Waals surface area (Å²) >= 11 is 4.97. The highest BCUT2D eigenvalue weighted by atomic mass is 32.1. The number of carbonyl (C=O) groups is 1. The summed E-state index contributed by atoms with van der Waals surface area (Å²) in [5.74, 6) is 0.0583. The van der Waals surface area contributed by atoms with Gasteiger partial charge in [-0.3, -0.25) is 4.79 Å². The summed E-state index contributed by atoms with van der Waals surface area (Å²) in [6.07, 6.45) is 2.09. The molecule has 4 rings (SSSR count). The van der Waals surface area contributed by atoms with Crippen LogP contribution in [0.25, 0.3) is 11.1 Å². The Hall–Kier alpha value is -1.66. The standard InChI is InChI=1S/C15H16N2O3S/c18-13(17-5-3-15(8-17)4-6-19-9-15)10-1-2-11-12(7-10)20-14(21)16-11/h1-2,7H,3-6,8-9H2,(H,16,21)/t15-/m1/s1. The first-order valence-electron chi connectivity index (χ1n) is 7.15. The molecule has 0 aliphatic carbocycles. The molecular formula is C15H16N2O3S. The number of benzene rings is 1.